The molecule has 1 atom stereocenters. The molecule has 0 spiro atoms. The maximum atomic E-state index is 12.2. The lowest BCUT2D eigenvalue weighted by Crippen LogP contribution is -2.37. The SMILES string of the molecule is O=C1O[C@@H](C(=O)Nc2ccc(Br)cc2)Cc2ccccc21. The zero-order chi connectivity index (χ0) is 14.8. The molecule has 2 aromatic carbocycles. The molecule has 5 heteroatoms. The van der Waals surface area contributed by atoms with Crippen molar-refractivity contribution in [1.29, 1.82) is 0 Å². The van der Waals surface area contributed by atoms with Gasteiger partial charge in [-0.05, 0) is 35.9 Å². The van der Waals surface area contributed by atoms with Gasteiger partial charge in [-0.1, -0.05) is 34.1 Å². The molecule has 0 unspecified atom stereocenters. The molecule has 0 saturated carbocycles. The van der Waals surface area contributed by atoms with Gasteiger partial charge in [-0.2, -0.15) is 0 Å². The van der Waals surface area contributed by atoms with Crippen LogP contribution in [0.25, 0.3) is 0 Å². The van der Waals surface area contributed by atoms with Crippen LogP contribution in [0, 0.1) is 0 Å². The number of halogens is 1. The topological polar surface area (TPSA) is 55.4 Å². The quantitative estimate of drug-likeness (QED) is 0.850. The van der Waals surface area contributed by atoms with Gasteiger partial charge in [-0.25, -0.2) is 4.79 Å². The third kappa shape index (κ3) is 2.97. The van der Waals surface area contributed by atoms with E-state index in [0.29, 0.717) is 17.7 Å². The Bertz CT molecular complexity index is 697. The second-order valence-electron chi connectivity index (χ2n) is 4.75. The highest BCUT2D eigenvalue weighted by Crippen LogP contribution is 2.22. The molecule has 106 valence electrons. The number of rotatable bonds is 2. The number of hydrogen-bond donors (Lipinski definition) is 1. The summed E-state index contributed by atoms with van der Waals surface area (Å²) in [5, 5.41) is 2.75. The first-order chi connectivity index (χ1) is 10.1. The lowest BCUT2D eigenvalue weighted by atomic mass is 9.98. The van der Waals surface area contributed by atoms with Crippen molar-refractivity contribution in [1.82, 2.24) is 0 Å². The van der Waals surface area contributed by atoms with Crippen LogP contribution in [0.5, 0.6) is 0 Å². The van der Waals surface area contributed by atoms with Crippen LogP contribution < -0.4 is 5.32 Å². The van der Waals surface area contributed by atoms with Crippen LogP contribution in [0.4, 0.5) is 5.69 Å². The average molecular weight is 346 g/mol. The van der Waals surface area contributed by atoms with Gasteiger partial charge >= 0.3 is 5.97 Å². The van der Waals surface area contributed by atoms with Crippen LogP contribution in [-0.2, 0) is 16.0 Å². The number of nitrogens with one attached hydrogen (secondary N) is 1. The molecule has 0 radical (unpaired) electrons. The number of hydrogen-bond acceptors (Lipinski definition) is 3. The zero-order valence-corrected chi connectivity index (χ0v) is 12.6. The number of anilines is 1. The average Bonchev–Trinajstić information content (AvgIpc) is 2.49. The number of carbonyl (C=O) groups excluding carboxylic acids is 2. The molecule has 0 aliphatic carbocycles. The number of carbonyl (C=O) groups is 2. The largest absolute Gasteiger partial charge is 0.448 e. The van der Waals surface area contributed by atoms with E-state index in [2.05, 4.69) is 21.2 Å². The first-order valence-electron chi connectivity index (χ1n) is 6.49. The molecule has 0 fully saturated rings. The van der Waals surface area contributed by atoms with E-state index in [1.54, 1.807) is 24.3 Å². The molecule has 1 heterocycles. The summed E-state index contributed by atoms with van der Waals surface area (Å²) in [6.45, 7) is 0. The second-order valence-corrected chi connectivity index (χ2v) is 5.67. The molecule has 21 heavy (non-hydrogen) atoms. The Labute approximate surface area is 130 Å². The summed E-state index contributed by atoms with van der Waals surface area (Å²) in [5.41, 5.74) is 2.04. The number of fused-ring (bicyclic) bond motifs is 1. The second kappa shape index (κ2) is 5.69. The zero-order valence-electron chi connectivity index (χ0n) is 11.0. The van der Waals surface area contributed by atoms with Crippen molar-refractivity contribution in [3.8, 4) is 0 Å². The van der Waals surface area contributed by atoms with Crippen LogP contribution in [-0.4, -0.2) is 18.0 Å². The predicted molar refractivity (Wildman–Crippen MR) is 82.1 cm³/mol. The van der Waals surface area contributed by atoms with Crippen molar-refractivity contribution >= 4 is 33.5 Å². The number of esters is 1. The minimum atomic E-state index is -0.795. The minimum Gasteiger partial charge on any atom is -0.448 e. The van der Waals surface area contributed by atoms with Crippen molar-refractivity contribution in [3.05, 3.63) is 64.1 Å². The fourth-order valence-electron chi connectivity index (χ4n) is 2.23. The van der Waals surface area contributed by atoms with E-state index in [1.807, 2.05) is 24.3 Å². The van der Waals surface area contributed by atoms with E-state index in [-0.39, 0.29) is 5.91 Å². The first kappa shape index (κ1) is 13.8. The standard InChI is InChI=1S/C16H12BrNO3/c17-11-5-7-12(8-6-11)18-15(19)14-9-10-3-1-2-4-13(10)16(20)21-14/h1-8,14H,9H2,(H,18,19)/t14-/m1/s1. The van der Waals surface area contributed by atoms with Gasteiger partial charge in [-0.15, -0.1) is 0 Å². The lowest BCUT2D eigenvalue weighted by Gasteiger charge is -2.23. The molecule has 1 N–H and O–H groups in total. The molecule has 0 bridgehead atoms. The Morgan fingerprint density at radius 3 is 2.62 bits per heavy atom. The summed E-state index contributed by atoms with van der Waals surface area (Å²) in [6.07, 6.45) is -0.402. The molecule has 0 saturated heterocycles. The Morgan fingerprint density at radius 1 is 1.14 bits per heavy atom. The van der Waals surface area contributed by atoms with E-state index in [4.69, 9.17) is 4.74 Å². The number of amides is 1. The molecular weight excluding hydrogens is 334 g/mol. The highest BCUT2D eigenvalue weighted by atomic mass is 79.9. The van der Waals surface area contributed by atoms with Crippen LogP contribution in [0.3, 0.4) is 0 Å². The molecule has 1 amide bonds. The fourth-order valence-corrected chi connectivity index (χ4v) is 2.50. The Hall–Kier alpha value is -2.14. The predicted octanol–water partition coefficient (Wildman–Crippen LogP) is 3.17. The number of ether oxygens (including phenoxy) is 1. The summed E-state index contributed by atoms with van der Waals surface area (Å²) in [7, 11) is 0. The normalized spacial score (nSPS) is 16.8. The minimum absolute atomic E-state index is 0.319. The summed E-state index contributed by atoms with van der Waals surface area (Å²) < 4.78 is 6.14. The van der Waals surface area contributed by atoms with Gasteiger partial charge in [0.2, 0.25) is 0 Å². The van der Waals surface area contributed by atoms with Gasteiger partial charge in [0.15, 0.2) is 6.10 Å². The Morgan fingerprint density at radius 2 is 1.86 bits per heavy atom. The van der Waals surface area contributed by atoms with Crippen molar-refractivity contribution in [2.24, 2.45) is 0 Å². The van der Waals surface area contributed by atoms with E-state index in [1.165, 1.54) is 0 Å². The number of benzene rings is 2. The smallest absolute Gasteiger partial charge is 0.339 e. The van der Waals surface area contributed by atoms with Crippen LogP contribution in [0.2, 0.25) is 0 Å². The van der Waals surface area contributed by atoms with Gasteiger partial charge in [0.05, 0.1) is 5.56 Å². The molecular formula is C16H12BrNO3. The third-order valence-corrected chi connectivity index (χ3v) is 3.82. The third-order valence-electron chi connectivity index (χ3n) is 3.30. The van der Waals surface area contributed by atoms with Crippen molar-refractivity contribution in [2.45, 2.75) is 12.5 Å². The molecule has 4 nitrogen and oxygen atoms in total. The fraction of sp³-hybridized carbons (Fsp3) is 0.125. The first-order valence-corrected chi connectivity index (χ1v) is 7.28. The van der Waals surface area contributed by atoms with Gasteiger partial charge in [-0.3, -0.25) is 4.79 Å². The van der Waals surface area contributed by atoms with Crippen molar-refractivity contribution in [3.63, 3.8) is 0 Å². The molecule has 1 aliphatic rings. The van der Waals surface area contributed by atoms with Gasteiger partial charge < -0.3 is 10.1 Å². The molecule has 3 rings (SSSR count). The summed E-state index contributed by atoms with van der Waals surface area (Å²) >= 11 is 3.33. The van der Waals surface area contributed by atoms with Crippen LogP contribution in [0.15, 0.2) is 53.0 Å². The molecule has 2 aromatic rings. The number of cyclic esters (lactones) is 1. The van der Waals surface area contributed by atoms with E-state index < -0.39 is 12.1 Å². The maximum Gasteiger partial charge on any atom is 0.339 e. The summed E-state index contributed by atoms with van der Waals surface area (Å²) in [6, 6.07) is 14.4. The Balaban J connectivity index is 1.75. The van der Waals surface area contributed by atoms with E-state index in [0.717, 1.165) is 10.0 Å². The summed E-state index contributed by atoms with van der Waals surface area (Å²) in [4.78, 5) is 24.1. The highest BCUT2D eigenvalue weighted by Gasteiger charge is 2.30. The van der Waals surface area contributed by atoms with Crippen LogP contribution >= 0.6 is 15.9 Å². The van der Waals surface area contributed by atoms with Gasteiger partial charge in [0.25, 0.3) is 5.91 Å². The van der Waals surface area contributed by atoms with E-state index in [9.17, 15) is 9.59 Å². The van der Waals surface area contributed by atoms with Crippen LogP contribution in [0.1, 0.15) is 15.9 Å². The molecule has 0 aromatic heterocycles. The van der Waals surface area contributed by atoms with Gasteiger partial charge in [0.1, 0.15) is 0 Å². The van der Waals surface area contributed by atoms with Gasteiger partial charge in [0, 0.05) is 16.6 Å². The van der Waals surface area contributed by atoms with Crippen molar-refractivity contribution < 1.29 is 14.3 Å². The van der Waals surface area contributed by atoms with E-state index >= 15 is 0 Å². The highest BCUT2D eigenvalue weighted by molar-refractivity contribution is 9.10. The maximum absolute atomic E-state index is 12.2. The molecule has 1 aliphatic heterocycles. The monoisotopic (exact) mass is 345 g/mol. The summed E-state index contributed by atoms with van der Waals surface area (Å²) in [5.74, 6) is -0.770. The Kier molecular flexibility index (Phi) is 3.75. The lowest BCUT2D eigenvalue weighted by molar-refractivity contribution is -0.125. The van der Waals surface area contributed by atoms with Crippen molar-refractivity contribution in [2.75, 3.05) is 5.32 Å².